The molecule has 0 aliphatic rings. The minimum Gasteiger partial charge on any atom is -0.368 e. The predicted octanol–water partition coefficient (Wildman–Crippen LogP) is 2.37. The Balaban J connectivity index is 0.0000100. The Morgan fingerprint density at radius 3 is 0.977 bits per heavy atom. The molecule has 18 N–H and O–H groups in total. The molecule has 9 amide bonds. The van der Waals surface area contributed by atoms with Gasteiger partial charge in [-0.1, -0.05) is 163 Å². The van der Waals surface area contributed by atoms with Crippen LogP contribution in [0.1, 0.15) is 122 Å². The molecule has 9 atom stereocenters. The first-order valence-electron chi connectivity index (χ1n) is 30.9. The van der Waals surface area contributed by atoms with Crippen LogP contribution in [0.25, 0.3) is 0 Å². The van der Waals surface area contributed by atoms with Crippen LogP contribution < -0.4 is 71.2 Å². The molecule has 0 aromatic heterocycles. The molecule has 0 bridgehead atoms. The normalized spacial score (nSPS) is 14.1. The molecule has 4 rings (SSSR count). The van der Waals surface area contributed by atoms with E-state index in [0.29, 0.717) is 25.7 Å². The van der Waals surface area contributed by atoms with Gasteiger partial charge in [0.2, 0.25) is 53.2 Å². The average Bonchev–Trinajstić information content (AvgIpc) is 3.66. The molecule has 0 fully saturated rings. The van der Waals surface area contributed by atoms with Gasteiger partial charge in [-0.25, -0.2) is 0 Å². The second-order valence-corrected chi connectivity index (χ2v) is 22.7. The fourth-order valence-corrected chi connectivity index (χ4v) is 9.64. The Labute approximate surface area is 519 Å². The number of rotatable bonds is 39. The van der Waals surface area contributed by atoms with Gasteiger partial charge in [-0.15, -0.1) is 0 Å². The van der Waals surface area contributed by atoms with Gasteiger partial charge >= 0.3 is 0 Å². The highest BCUT2D eigenvalue weighted by atomic mass is 16.2. The lowest BCUT2D eigenvalue weighted by Crippen LogP contribution is -2.59. The highest BCUT2D eigenvalue weighted by Gasteiger charge is 2.34. The molecular weight excluding hydrogens is 1120 g/mol. The van der Waals surface area contributed by atoms with E-state index in [9.17, 15) is 43.2 Å². The van der Waals surface area contributed by atoms with Crippen molar-refractivity contribution >= 4 is 53.2 Å². The van der Waals surface area contributed by atoms with E-state index in [1.54, 1.807) is 12.1 Å². The average molecular weight is 1220 g/mol. The second kappa shape index (κ2) is 41.2. The summed E-state index contributed by atoms with van der Waals surface area (Å²) in [6.45, 7) is 12.0. The number of hydrogen-bond donors (Lipinski definition) is 13. The zero-order chi connectivity index (χ0) is 65.0. The van der Waals surface area contributed by atoms with Gasteiger partial charge in [0.25, 0.3) is 0 Å². The molecule has 0 radical (unpaired) electrons. The van der Waals surface area contributed by atoms with Gasteiger partial charge in [-0.05, 0) is 118 Å². The summed E-state index contributed by atoms with van der Waals surface area (Å²) in [5.41, 5.74) is 33.3. The fraction of sp³-hybridized carbons (Fsp3) is 0.500. The number of nitrogens with two attached hydrogens (primary N) is 5. The quantitative estimate of drug-likeness (QED) is 0.0286. The van der Waals surface area contributed by atoms with Crippen LogP contribution in [0.2, 0.25) is 0 Å². The molecule has 22 heteroatoms. The van der Waals surface area contributed by atoms with Crippen LogP contribution in [0, 0.1) is 11.8 Å². The van der Waals surface area contributed by atoms with Crippen molar-refractivity contribution in [2.75, 3.05) is 19.6 Å². The van der Waals surface area contributed by atoms with Crippen molar-refractivity contribution in [1.29, 1.82) is 0 Å². The van der Waals surface area contributed by atoms with Gasteiger partial charge in [-0.3, -0.25) is 43.2 Å². The van der Waals surface area contributed by atoms with E-state index in [1.807, 2.05) is 151 Å². The number of carbonyl (C=O) groups is 9. The predicted molar refractivity (Wildman–Crippen MR) is 343 cm³/mol. The van der Waals surface area contributed by atoms with Gasteiger partial charge in [-0.2, -0.15) is 0 Å². The van der Waals surface area contributed by atoms with Crippen molar-refractivity contribution in [1.82, 2.24) is 42.5 Å². The van der Waals surface area contributed by atoms with E-state index in [-0.39, 0.29) is 89.3 Å². The third-order valence-electron chi connectivity index (χ3n) is 14.3. The molecule has 0 spiro atoms. The van der Waals surface area contributed by atoms with Gasteiger partial charge in [0.05, 0.1) is 12.1 Å². The second-order valence-electron chi connectivity index (χ2n) is 22.7. The summed E-state index contributed by atoms with van der Waals surface area (Å²) in [5.74, 6) is -5.83. The maximum Gasteiger partial charge on any atom is 0.243 e. The number of benzene rings is 4. The maximum absolute atomic E-state index is 14.2. The van der Waals surface area contributed by atoms with Gasteiger partial charge in [0.15, 0.2) is 0 Å². The van der Waals surface area contributed by atoms with Crippen molar-refractivity contribution in [2.45, 2.75) is 179 Å². The molecular formula is C66H99N13O9. The minimum absolute atomic E-state index is 0.0681. The van der Waals surface area contributed by atoms with Crippen molar-refractivity contribution in [3.8, 4) is 0 Å². The number of nitrogens with one attached hydrogen (secondary N) is 8. The first kappa shape index (κ1) is 74.2. The van der Waals surface area contributed by atoms with Crippen molar-refractivity contribution in [2.24, 2.45) is 40.5 Å². The molecule has 0 aliphatic carbocycles. The van der Waals surface area contributed by atoms with E-state index in [1.165, 1.54) is 0 Å². The highest BCUT2D eigenvalue weighted by Crippen LogP contribution is 2.14. The molecule has 0 aliphatic heterocycles. The highest BCUT2D eigenvalue weighted by molar-refractivity contribution is 5.97. The van der Waals surface area contributed by atoms with Crippen LogP contribution in [0.3, 0.4) is 0 Å². The number of unbranched alkanes of at least 4 members (excludes halogenated alkanes) is 1. The summed E-state index contributed by atoms with van der Waals surface area (Å²) in [6.07, 6.45) is 2.72. The summed E-state index contributed by atoms with van der Waals surface area (Å²) in [7, 11) is 0. The molecule has 4 aromatic carbocycles. The number of primary amides is 1. The first-order valence-corrected chi connectivity index (χ1v) is 30.9. The largest absolute Gasteiger partial charge is 0.368 e. The number of hydrogen-bond acceptors (Lipinski definition) is 13. The smallest absolute Gasteiger partial charge is 0.243 e. The van der Waals surface area contributed by atoms with Crippen LogP contribution in [-0.4, -0.2) is 127 Å². The van der Waals surface area contributed by atoms with Crippen LogP contribution in [-0.2, 0) is 68.8 Å². The summed E-state index contributed by atoms with van der Waals surface area (Å²) in [4.78, 5) is 124. The van der Waals surface area contributed by atoms with Crippen LogP contribution in [0.15, 0.2) is 121 Å². The Morgan fingerprint density at radius 1 is 0.352 bits per heavy atom. The molecule has 4 aromatic rings. The van der Waals surface area contributed by atoms with Crippen LogP contribution in [0.5, 0.6) is 0 Å². The third kappa shape index (κ3) is 28.2. The zero-order valence-corrected chi connectivity index (χ0v) is 52.3. The van der Waals surface area contributed by atoms with Gasteiger partial charge < -0.3 is 71.2 Å². The summed E-state index contributed by atoms with van der Waals surface area (Å²) in [6, 6.07) is 26.9. The maximum atomic E-state index is 14.2. The van der Waals surface area contributed by atoms with Crippen molar-refractivity contribution in [3.05, 3.63) is 144 Å². The summed E-state index contributed by atoms with van der Waals surface area (Å²) >= 11 is 0. The van der Waals surface area contributed by atoms with Crippen LogP contribution in [0.4, 0.5) is 0 Å². The Bertz CT molecular complexity index is 2740. The first-order chi connectivity index (χ1) is 42.2. The molecule has 0 unspecified atom stereocenters. The lowest BCUT2D eigenvalue weighted by atomic mass is 9.99. The monoisotopic (exact) mass is 1220 g/mol. The minimum atomic E-state index is -1.19. The van der Waals surface area contributed by atoms with E-state index < -0.39 is 108 Å². The fourth-order valence-electron chi connectivity index (χ4n) is 9.64. The molecule has 482 valence electrons. The molecule has 88 heavy (non-hydrogen) atoms. The third-order valence-corrected chi connectivity index (χ3v) is 14.3. The van der Waals surface area contributed by atoms with E-state index >= 15 is 0 Å². The lowest BCUT2D eigenvalue weighted by Gasteiger charge is -2.27. The molecule has 0 heterocycles. The topological polar surface area (TPSA) is 380 Å². The lowest BCUT2D eigenvalue weighted by molar-refractivity contribution is -0.134. The van der Waals surface area contributed by atoms with Crippen molar-refractivity contribution < 1.29 is 43.2 Å². The van der Waals surface area contributed by atoms with Gasteiger partial charge in [0.1, 0.15) is 42.3 Å². The number of carbonyl (C=O) groups excluding carboxylic acids is 9. The summed E-state index contributed by atoms with van der Waals surface area (Å²) < 4.78 is 0. The van der Waals surface area contributed by atoms with E-state index in [0.717, 1.165) is 22.3 Å². The van der Waals surface area contributed by atoms with Crippen molar-refractivity contribution in [3.63, 3.8) is 0 Å². The SMILES string of the molecule is CC.CC(C)C[C@@H](NC(=O)[C@@H](Cc1ccccc1)NC(=O)[C@H](N)Cc1ccccc1)C(=O)N[C@H](CCCN)C(=O)NCCCC[C@H](NC(=O)[C@@H](CCCN)NC(=O)[C@@H](CC(C)C)NC(=O)[C@@H](Cc1ccccc1)NC(=O)[C@H](N)Cc1ccccc1)C(N)=O. The Morgan fingerprint density at radius 2 is 0.636 bits per heavy atom. The van der Waals surface area contributed by atoms with Gasteiger partial charge in [0, 0.05) is 19.4 Å². The van der Waals surface area contributed by atoms with E-state index in [4.69, 9.17) is 28.7 Å². The molecule has 0 saturated carbocycles. The van der Waals surface area contributed by atoms with E-state index in [2.05, 4.69) is 42.5 Å². The zero-order valence-electron chi connectivity index (χ0n) is 52.3. The van der Waals surface area contributed by atoms with Crippen LogP contribution >= 0.6 is 0 Å². The summed E-state index contributed by atoms with van der Waals surface area (Å²) in [5, 5.41) is 22.3. The molecule has 22 nitrogen and oxygen atoms in total. The Hall–Kier alpha value is -8.05. The molecule has 0 saturated heterocycles. The number of amides is 9. The Kier molecular flexibility index (Phi) is 34.7. The standard InChI is InChI=1S/C64H93N13O9.C2H6/c1-41(2)35-52(76-63(85)54(39-45-25-13-7-14-26-45)74-57(79)47(67)37-43-21-9-5-10-22-43)61(83)72-50(30-19-32-65)59(81)70-34-18-17-29-49(56(69)78)71-60(82)51(31-20-33-66)73-62(84)53(36-42(3)4)77-64(86)55(40-46-27-15-8-16-28-46)75-58(80)48(68)38-44-23-11-6-12-24-44;1-2/h5-16,21-28,41-42,47-55H,17-20,29-40,65-68H2,1-4H3,(H2,69,78)(H,70,81)(H,71,82)(H,72,83)(H,73,84)(H,74,79)(H,75,80)(H,76,85)(H,77,86);1-2H3/t47-,48-,49+,50-,51-,52-,53-,54-,55-;/m1./s1.